The first kappa shape index (κ1) is 20.2. The number of hydrogen-bond donors (Lipinski definition) is 1. The molecule has 0 rings (SSSR count). The SMILES string of the molecule is COC(C)(C)CC(C)NCCCN(C)C(=O)OC(C)(C)C. The average Bonchev–Trinajstić information content (AvgIpc) is 2.31. The van der Waals surface area contributed by atoms with E-state index in [0.29, 0.717) is 12.6 Å². The van der Waals surface area contributed by atoms with Gasteiger partial charge in [0.1, 0.15) is 5.60 Å². The van der Waals surface area contributed by atoms with Crippen LogP contribution in [-0.2, 0) is 9.47 Å². The molecule has 5 heteroatoms. The molecular weight excluding hydrogens is 268 g/mol. The quantitative estimate of drug-likeness (QED) is 0.700. The van der Waals surface area contributed by atoms with E-state index in [2.05, 4.69) is 26.1 Å². The lowest BCUT2D eigenvalue weighted by Gasteiger charge is -2.27. The Morgan fingerprint density at radius 2 is 1.81 bits per heavy atom. The van der Waals surface area contributed by atoms with E-state index in [0.717, 1.165) is 19.4 Å². The second-order valence-corrected chi connectivity index (χ2v) is 7.28. The van der Waals surface area contributed by atoms with Gasteiger partial charge in [0, 0.05) is 26.7 Å². The zero-order valence-corrected chi connectivity index (χ0v) is 15.1. The van der Waals surface area contributed by atoms with Crippen LogP contribution in [-0.4, -0.2) is 55.5 Å². The summed E-state index contributed by atoms with van der Waals surface area (Å²) in [6, 6.07) is 0.381. The van der Waals surface area contributed by atoms with Crippen molar-refractivity contribution in [3.05, 3.63) is 0 Å². The summed E-state index contributed by atoms with van der Waals surface area (Å²) in [7, 11) is 3.51. The molecule has 126 valence electrons. The minimum absolute atomic E-state index is 0.111. The molecule has 0 aliphatic carbocycles. The molecule has 1 atom stereocenters. The Hall–Kier alpha value is -0.810. The summed E-state index contributed by atoms with van der Waals surface area (Å²) in [6.45, 7) is 13.5. The highest BCUT2D eigenvalue weighted by Crippen LogP contribution is 2.15. The Balaban J connectivity index is 3.87. The fourth-order valence-corrected chi connectivity index (χ4v) is 1.99. The van der Waals surface area contributed by atoms with Crippen LogP contribution in [0.2, 0.25) is 0 Å². The van der Waals surface area contributed by atoms with E-state index in [4.69, 9.17) is 9.47 Å². The fourth-order valence-electron chi connectivity index (χ4n) is 1.99. The Morgan fingerprint density at radius 3 is 2.29 bits per heavy atom. The molecular formula is C16H34N2O3. The van der Waals surface area contributed by atoms with Gasteiger partial charge in [-0.2, -0.15) is 0 Å². The van der Waals surface area contributed by atoms with Crippen molar-refractivity contribution >= 4 is 6.09 Å². The number of ether oxygens (including phenoxy) is 2. The van der Waals surface area contributed by atoms with Gasteiger partial charge in [-0.3, -0.25) is 0 Å². The molecule has 1 unspecified atom stereocenters. The van der Waals surface area contributed by atoms with Gasteiger partial charge in [0.2, 0.25) is 0 Å². The van der Waals surface area contributed by atoms with E-state index in [1.165, 1.54) is 0 Å². The first-order valence-electron chi connectivity index (χ1n) is 7.69. The van der Waals surface area contributed by atoms with Gasteiger partial charge in [0.15, 0.2) is 0 Å². The summed E-state index contributed by atoms with van der Waals surface area (Å²) >= 11 is 0. The molecule has 0 aromatic rings. The minimum Gasteiger partial charge on any atom is -0.444 e. The van der Waals surface area contributed by atoms with Crippen molar-refractivity contribution in [3.8, 4) is 0 Å². The van der Waals surface area contributed by atoms with Crippen LogP contribution >= 0.6 is 0 Å². The molecule has 0 heterocycles. The molecule has 0 aromatic carbocycles. The monoisotopic (exact) mass is 302 g/mol. The van der Waals surface area contributed by atoms with E-state index in [-0.39, 0.29) is 11.7 Å². The summed E-state index contributed by atoms with van der Waals surface area (Å²) in [5.41, 5.74) is -0.552. The number of rotatable bonds is 8. The van der Waals surface area contributed by atoms with Gasteiger partial charge in [0.05, 0.1) is 5.60 Å². The maximum Gasteiger partial charge on any atom is 0.410 e. The van der Waals surface area contributed by atoms with E-state index >= 15 is 0 Å². The molecule has 0 saturated heterocycles. The van der Waals surface area contributed by atoms with E-state index in [9.17, 15) is 4.79 Å². The normalized spacial score (nSPS) is 13.9. The molecule has 0 saturated carbocycles. The Bertz CT molecular complexity index is 311. The van der Waals surface area contributed by atoms with Crippen molar-refractivity contribution in [1.82, 2.24) is 10.2 Å². The smallest absolute Gasteiger partial charge is 0.410 e. The van der Waals surface area contributed by atoms with Crippen LogP contribution in [0.3, 0.4) is 0 Å². The highest BCUT2D eigenvalue weighted by Gasteiger charge is 2.20. The first-order valence-corrected chi connectivity index (χ1v) is 7.69. The molecule has 0 radical (unpaired) electrons. The van der Waals surface area contributed by atoms with Crippen LogP contribution in [0.15, 0.2) is 0 Å². The third-order valence-corrected chi connectivity index (χ3v) is 3.22. The predicted octanol–water partition coefficient (Wildman–Crippen LogP) is 3.04. The second kappa shape index (κ2) is 8.59. The molecule has 0 aliphatic rings. The summed E-state index contributed by atoms with van der Waals surface area (Å²) in [4.78, 5) is 13.4. The molecule has 0 aliphatic heterocycles. The molecule has 0 aromatic heterocycles. The number of methoxy groups -OCH3 is 1. The number of amides is 1. The van der Waals surface area contributed by atoms with Crippen molar-refractivity contribution < 1.29 is 14.3 Å². The molecule has 1 amide bonds. The first-order chi connectivity index (χ1) is 9.47. The van der Waals surface area contributed by atoms with Crippen LogP contribution in [0.25, 0.3) is 0 Å². The summed E-state index contributed by atoms with van der Waals surface area (Å²) in [6.07, 6.45) is 1.58. The number of carbonyl (C=O) groups is 1. The summed E-state index contributed by atoms with van der Waals surface area (Å²) in [5, 5.41) is 3.46. The highest BCUT2D eigenvalue weighted by molar-refractivity contribution is 5.67. The van der Waals surface area contributed by atoms with Gasteiger partial charge in [-0.05, 0) is 60.9 Å². The molecule has 0 fully saturated rings. The maximum atomic E-state index is 11.8. The van der Waals surface area contributed by atoms with Gasteiger partial charge in [0.25, 0.3) is 0 Å². The molecule has 5 nitrogen and oxygen atoms in total. The van der Waals surface area contributed by atoms with Gasteiger partial charge < -0.3 is 19.7 Å². The predicted molar refractivity (Wildman–Crippen MR) is 86.7 cm³/mol. The second-order valence-electron chi connectivity index (χ2n) is 7.28. The lowest BCUT2D eigenvalue weighted by molar-refractivity contribution is 0.00855. The lowest BCUT2D eigenvalue weighted by Crippen LogP contribution is -2.38. The zero-order chi connectivity index (χ0) is 16.7. The molecule has 0 spiro atoms. The Morgan fingerprint density at radius 1 is 1.24 bits per heavy atom. The highest BCUT2D eigenvalue weighted by atomic mass is 16.6. The Labute approximate surface area is 130 Å². The van der Waals surface area contributed by atoms with Gasteiger partial charge >= 0.3 is 6.09 Å². The number of nitrogens with zero attached hydrogens (tertiary/aromatic N) is 1. The van der Waals surface area contributed by atoms with Crippen LogP contribution in [0.1, 0.15) is 54.4 Å². The third kappa shape index (κ3) is 10.5. The number of nitrogens with one attached hydrogen (secondary N) is 1. The van der Waals surface area contributed by atoms with Crippen molar-refractivity contribution in [2.45, 2.75) is 71.6 Å². The standard InChI is InChI=1S/C16H34N2O3/c1-13(12-16(5,6)20-8)17-10-9-11-18(7)14(19)21-15(2,3)4/h13,17H,9-12H2,1-8H3. The average molecular weight is 302 g/mol. The van der Waals surface area contributed by atoms with Crippen molar-refractivity contribution in [2.75, 3.05) is 27.2 Å². The fraction of sp³-hybridized carbons (Fsp3) is 0.938. The third-order valence-electron chi connectivity index (χ3n) is 3.22. The van der Waals surface area contributed by atoms with E-state index in [1.54, 1.807) is 19.1 Å². The van der Waals surface area contributed by atoms with E-state index in [1.807, 2.05) is 20.8 Å². The molecule has 1 N–H and O–H groups in total. The van der Waals surface area contributed by atoms with Crippen molar-refractivity contribution in [1.29, 1.82) is 0 Å². The van der Waals surface area contributed by atoms with Crippen LogP contribution in [0.5, 0.6) is 0 Å². The summed E-state index contributed by atoms with van der Waals surface area (Å²) < 4.78 is 10.7. The van der Waals surface area contributed by atoms with E-state index < -0.39 is 5.60 Å². The van der Waals surface area contributed by atoms with Crippen LogP contribution < -0.4 is 5.32 Å². The van der Waals surface area contributed by atoms with Crippen molar-refractivity contribution in [3.63, 3.8) is 0 Å². The Kier molecular flexibility index (Phi) is 8.26. The molecule has 0 bridgehead atoms. The van der Waals surface area contributed by atoms with Crippen molar-refractivity contribution in [2.24, 2.45) is 0 Å². The number of hydrogen-bond acceptors (Lipinski definition) is 4. The molecule has 21 heavy (non-hydrogen) atoms. The summed E-state index contributed by atoms with van der Waals surface area (Å²) in [5.74, 6) is 0. The van der Waals surface area contributed by atoms with Crippen LogP contribution in [0, 0.1) is 0 Å². The lowest BCUT2D eigenvalue weighted by atomic mass is 10.00. The minimum atomic E-state index is -0.441. The van der Waals surface area contributed by atoms with Crippen LogP contribution in [0.4, 0.5) is 4.79 Å². The largest absolute Gasteiger partial charge is 0.444 e. The van der Waals surface area contributed by atoms with Gasteiger partial charge in [-0.25, -0.2) is 4.79 Å². The number of carbonyl (C=O) groups excluding carboxylic acids is 1. The zero-order valence-electron chi connectivity index (χ0n) is 15.1. The van der Waals surface area contributed by atoms with Gasteiger partial charge in [-0.15, -0.1) is 0 Å². The maximum absolute atomic E-state index is 11.8. The van der Waals surface area contributed by atoms with Gasteiger partial charge in [-0.1, -0.05) is 0 Å². The topological polar surface area (TPSA) is 50.8 Å².